The molecule has 0 rings (SSSR count). The summed E-state index contributed by atoms with van der Waals surface area (Å²) < 4.78 is 8.42. The third-order valence-corrected chi connectivity index (χ3v) is 0. The molecule has 4 nitrogen and oxygen atoms in total. The van der Waals surface area contributed by atoms with Crippen LogP contribution in [0.5, 0.6) is 0 Å². The van der Waals surface area contributed by atoms with Gasteiger partial charge in [-0.15, -0.1) is 0 Å². The van der Waals surface area contributed by atoms with Crippen molar-refractivity contribution >= 4 is 49.6 Å². The fraction of sp³-hybridized carbons (Fsp3) is 0. The monoisotopic (exact) mass is 228 g/mol. The van der Waals surface area contributed by atoms with Crippen molar-refractivity contribution in [2.24, 2.45) is 0 Å². The molecule has 0 fully saturated rings. The molecule has 7 heavy (non-hydrogen) atoms. The molecule has 0 spiro atoms. The largest absolute Gasteiger partial charge is 2.00 e. The van der Waals surface area contributed by atoms with E-state index in [1.807, 2.05) is 0 Å². The van der Waals surface area contributed by atoms with Crippen molar-refractivity contribution in [2.75, 3.05) is 0 Å². The van der Waals surface area contributed by atoms with Gasteiger partial charge >= 0.3 is 63.4 Å². The van der Waals surface area contributed by atoms with Crippen LogP contribution in [0.4, 0.5) is 4.79 Å². The van der Waals surface area contributed by atoms with Gasteiger partial charge in [-0.05, 0) is 6.16 Å². The molecule has 0 unspecified atom stereocenters. The Hall–Kier alpha value is 1.17. The molecule has 0 heterocycles. The molecule has 0 amide bonds. The van der Waals surface area contributed by atoms with Crippen LogP contribution in [-0.4, -0.2) is 49.6 Å². The Kier molecular flexibility index (Phi) is 35.2. The molecule has 0 aromatic carbocycles. The van der Waals surface area contributed by atoms with Crippen molar-refractivity contribution in [3.05, 3.63) is 0 Å². The van der Waals surface area contributed by atoms with Gasteiger partial charge in [-0.2, -0.15) is 0 Å². The number of hydrogen-bond donors (Lipinski definition) is 0. The van der Waals surface area contributed by atoms with E-state index in [1.165, 1.54) is 0 Å². The molecule has 6 heteroatoms. The Morgan fingerprint density at radius 3 is 1.29 bits per heavy atom. The van der Waals surface area contributed by atoms with Crippen LogP contribution in [0, 0.1) is 0 Å². The van der Waals surface area contributed by atoms with E-state index in [9.17, 15) is 0 Å². The first kappa shape index (κ1) is 15.7. The van der Waals surface area contributed by atoms with Crippen LogP contribution in [0.2, 0.25) is 0 Å². The quantitative estimate of drug-likeness (QED) is 0.416. The summed E-state index contributed by atoms with van der Waals surface area (Å²) in [6, 6.07) is 0. The van der Waals surface area contributed by atoms with E-state index in [-0.39, 0.29) is 62.9 Å². The van der Waals surface area contributed by atoms with Crippen molar-refractivity contribution < 1.29 is 35.0 Å². The van der Waals surface area contributed by atoms with Crippen LogP contribution < -0.4 is 10.2 Å². The molecule has 0 N–H and O–H groups in total. The molecule has 0 atom stereocenters. The minimum atomic E-state index is -2.33. The summed E-state index contributed by atoms with van der Waals surface area (Å²) in [4.78, 5) is 8.33. The summed E-state index contributed by atoms with van der Waals surface area (Å²) in [5.74, 6) is 0. The molecule has 0 saturated heterocycles. The van der Waals surface area contributed by atoms with E-state index in [4.69, 9.17) is 15.5 Å². The van der Waals surface area contributed by atoms with E-state index in [0.29, 0.717) is 0 Å². The fourth-order valence-corrected chi connectivity index (χ4v) is 0. The molecule has 0 saturated carbocycles. The first-order valence-corrected chi connectivity index (χ1v) is 2.32. The Morgan fingerprint density at radius 1 is 1.29 bits per heavy atom. The molecular weight excluding hydrogens is 229 g/mol. The van der Waals surface area contributed by atoms with Crippen molar-refractivity contribution in [1.82, 2.24) is 0 Å². The zero-order valence-electron chi connectivity index (χ0n) is 3.55. The van der Waals surface area contributed by atoms with Crippen LogP contribution in [0.25, 0.3) is 0 Å². The third kappa shape index (κ3) is 139. The summed E-state index contributed by atoms with van der Waals surface area (Å²) in [7, 11) is 0. The predicted molar refractivity (Wildman–Crippen MR) is 11.8 cm³/mol. The van der Waals surface area contributed by atoms with E-state index in [2.05, 4.69) is 0 Å². The molecule has 0 aromatic heterocycles. The minimum absolute atomic E-state index is 0. The minimum Gasteiger partial charge on any atom is 2.00 e. The van der Waals surface area contributed by atoms with E-state index < -0.39 is 6.16 Å². The van der Waals surface area contributed by atoms with Gasteiger partial charge < -0.3 is 15.0 Å². The molecule has 0 aliphatic heterocycles. The molecule has 0 radical (unpaired) electrons. The molecule has 0 bridgehead atoms. The second kappa shape index (κ2) is 15.7. The number of rotatable bonds is 0. The second-order valence-electron chi connectivity index (χ2n) is 0.250. The van der Waals surface area contributed by atoms with Gasteiger partial charge in [0, 0.05) is 0 Å². The maximum atomic E-state index is 8.42. The number of hydrogen-bond acceptors (Lipinski definition) is 4. The van der Waals surface area contributed by atoms with E-state index in [1.54, 1.807) is 0 Å². The Balaban J connectivity index is -0.0000000480. The summed E-state index contributed by atoms with van der Waals surface area (Å²) in [6.45, 7) is 0. The van der Waals surface area contributed by atoms with Crippen molar-refractivity contribution in [3.63, 3.8) is 0 Å². The predicted octanol–water partition coefficient (Wildman–Crippen LogP) is -2.95. The zero-order chi connectivity index (χ0) is 5.58. The van der Waals surface area contributed by atoms with Crippen molar-refractivity contribution in [3.8, 4) is 0 Å². The first-order chi connectivity index (χ1) is 2.73. The molecule has 32 valence electrons. The maximum Gasteiger partial charge on any atom is 2.00 e. The number of carbonyl (C=O) groups is 1. The molecular formula is CO4SrZn. The van der Waals surface area contributed by atoms with Gasteiger partial charge in [0.05, 0.1) is 0 Å². The SMILES string of the molecule is O=C([O-])[O-].[O]=[Sr].[Zn+2]. The molecule has 0 aliphatic carbocycles. The summed E-state index contributed by atoms with van der Waals surface area (Å²) >= 11 is -0.1000. The van der Waals surface area contributed by atoms with Gasteiger partial charge in [-0.25, -0.2) is 0 Å². The van der Waals surface area contributed by atoms with Gasteiger partial charge in [0.1, 0.15) is 0 Å². The van der Waals surface area contributed by atoms with Crippen LogP contribution in [-0.2, 0) is 19.9 Å². The van der Waals surface area contributed by atoms with Crippen LogP contribution in [0.15, 0.2) is 0 Å². The Labute approximate surface area is 83.2 Å². The fourth-order valence-electron chi connectivity index (χ4n) is 0. The first-order valence-electron chi connectivity index (χ1n) is 0.901. The van der Waals surface area contributed by atoms with Crippen LogP contribution >= 0.6 is 0 Å². The second-order valence-corrected chi connectivity index (χ2v) is 0.250. The smallest absolute Gasteiger partial charge is 2.00 e. The van der Waals surface area contributed by atoms with Gasteiger partial charge in [-0.3, -0.25) is 0 Å². The normalized spacial score (nSPS) is 4.29. The van der Waals surface area contributed by atoms with Crippen LogP contribution in [0.3, 0.4) is 0 Å². The average Bonchev–Trinajstić information content (AvgIpc) is 1.41. The number of carbonyl (C=O) groups excluding carboxylic acids is 1. The Bertz CT molecular complexity index is 43.0. The Morgan fingerprint density at radius 2 is 1.29 bits per heavy atom. The summed E-state index contributed by atoms with van der Waals surface area (Å²) in [6.07, 6.45) is -2.33. The molecule has 0 aromatic rings. The maximum absolute atomic E-state index is 8.42. The standard InChI is InChI=1S/CH2O3.O.Sr.Zn/c2-1(3)4;;;/h(H2,2,3,4);;;/q;;;+2/p-2. The van der Waals surface area contributed by atoms with Crippen molar-refractivity contribution in [2.45, 2.75) is 0 Å². The molecule has 0 aliphatic rings. The average molecular weight is 229 g/mol. The summed E-state index contributed by atoms with van der Waals surface area (Å²) in [5.41, 5.74) is 0. The zero-order valence-corrected chi connectivity index (χ0v) is 9.99. The topological polar surface area (TPSA) is 80.3 Å². The van der Waals surface area contributed by atoms with Gasteiger partial charge in [0.2, 0.25) is 0 Å². The third-order valence-electron chi connectivity index (χ3n) is 0. The van der Waals surface area contributed by atoms with Gasteiger partial charge in [0.15, 0.2) is 0 Å². The number of carboxylic acid groups (broad SMARTS) is 2. The van der Waals surface area contributed by atoms with Crippen LogP contribution in [0.1, 0.15) is 0 Å². The van der Waals surface area contributed by atoms with E-state index in [0.717, 1.165) is 0 Å². The van der Waals surface area contributed by atoms with Gasteiger partial charge in [-0.1, -0.05) is 0 Å². The van der Waals surface area contributed by atoms with Gasteiger partial charge in [0.25, 0.3) is 0 Å². The van der Waals surface area contributed by atoms with Crippen molar-refractivity contribution in [1.29, 1.82) is 0 Å². The van der Waals surface area contributed by atoms with E-state index >= 15 is 0 Å². The summed E-state index contributed by atoms with van der Waals surface area (Å²) in [5, 5.41) is 16.7.